The highest BCUT2D eigenvalue weighted by Crippen LogP contribution is 2.29. The lowest BCUT2D eigenvalue weighted by Gasteiger charge is -2.09. The number of thiophene rings is 1. The van der Waals surface area contributed by atoms with Crippen LogP contribution in [0.5, 0.6) is 0 Å². The third-order valence-electron chi connectivity index (χ3n) is 2.66. The maximum absolute atomic E-state index is 11.2. The lowest BCUT2D eigenvalue weighted by molar-refractivity contribution is 0.112. The Bertz CT molecular complexity index is 531. The first-order valence-corrected chi connectivity index (χ1v) is 6.51. The smallest absolute Gasteiger partial charge is 0.156 e. The quantitative estimate of drug-likeness (QED) is 0.833. The van der Waals surface area contributed by atoms with Crippen molar-refractivity contribution >= 4 is 23.4 Å². The topological polar surface area (TPSA) is 64.2 Å². The summed E-state index contributed by atoms with van der Waals surface area (Å²) in [6.45, 7) is 1.50. The predicted octanol–water partition coefficient (Wildman–Crippen LogP) is 1.57. The van der Waals surface area contributed by atoms with Gasteiger partial charge >= 0.3 is 0 Å². The van der Waals surface area contributed by atoms with Gasteiger partial charge < -0.3 is 10.6 Å². The van der Waals surface area contributed by atoms with Gasteiger partial charge in [0.1, 0.15) is 11.5 Å². The van der Waals surface area contributed by atoms with E-state index in [0.717, 1.165) is 17.7 Å². The standard InChI is InChI=1S/C12H16N4OS/c1-15(2)5-6-16-12(13)9(8-17)11(14-16)10-4-3-7-18-10/h3-4,7-8H,5-6,13H2,1-2H3. The van der Waals surface area contributed by atoms with Crippen molar-refractivity contribution in [3.05, 3.63) is 23.1 Å². The van der Waals surface area contributed by atoms with Crippen LogP contribution in [0.4, 0.5) is 5.82 Å². The number of carbonyl (C=O) groups is 1. The second-order valence-corrected chi connectivity index (χ2v) is 5.22. The normalized spacial score (nSPS) is 11.1. The van der Waals surface area contributed by atoms with Crippen molar-refractivity contribution in [1.82, 2.24) is 14.7 Å². The van der Waals surface area contributed by atoms with Crippen molar-refractivity contribution in [2.75, 3.05) is 26.4 Å². The maximum atomic E-state index is 11.2. The molecule has 2 aromatic rings. The van der Waals surface area contributed by atoms with E-state index < -0.39 is 0 Å². The molecule has 2 heterocycles. The molecule has 2 rings (SSSR count). The van der Waals surface area contributed by atoms with Crippen LogP contribution in [0.2, 0.25) is 0 Å². The Hall–Kier alpha value is -1.66. The Morgan fingerprint density at radius 2 is 2.33 bits per heavy atom. The summed E-state index contributed by atoms with van der Waals surface area (Å²) in [6.07, 6.45) is 0.781. The van der Waals surface area contributed by atoms with E-state index in [1.807, 2.05) is 36.5 Å². The number of aromatic nitrogens is 2. The summed E-state index contributed by atoms with van der Waals surface area (Å²) in [6, 6.07) is 3.87. The minimum Gasteiger partial charge on any atom is -0.383 e. The third-order valence-corrected chi connectivity index (χ3v) is 3.54. The summed E-state index contributed by atoms with van der Waals surface area (Å²) in [5.74, 6) is 0.440. The van der Waals surface area contributed by atoms with Gasteiger partial charge in [0, 0.05) is 6.54 Å². The lowest BCUT2D eigenvalue weighted by atomic mass is 10.2. The second-order valence-electron chi connectivity index (χ2n) is 4.27. The number of likely N-dealkylation sites (N-methyl/N-ethyl adjacent to an activating group) is 1. The fourth-order valence-corrected chi connectivity index (χ4v) is 2.39. The summed E-state index contributed by atoms with van der Waals surface area (Å²) >= 11 is 1.55. The van der Waals surface area contributed by atoms with Gasteiger partial charge in [-0.1, -0.05) is 6.07 Å². The first-order valence-electron chi connectivity index (χ1n) is 5.63. The SMILES string of the molecule is CN(C)CCn1nc(-c2cccs2)c(C=O)c1N. The molecule has 2 N–H and O–H groups in total. The Morgan fingerprint density at radius 3 is 2.89 bits per heavy atom. The van der Waals surface area contributed by atoms with Gasteiger partial charge in [0.15, 0.2) is 6.29 Å². The van der Waals surface area contributed by atoms with E-state index in [2.05, 4.69) is 5.10 Å². The Balaban J connectivity index is 2.36. The number of nitrogens with zero attached hydrogens (tertiary/aromatic N) is 3. The van der Waals surface area contributed by atoms with Gasteiger partial charge in [-0.05, 0) is 25.5 Å². The van der Waals surface area contributed by atoms with Gasteiger partial charge in [-0.2, -0.15) is 5.10 Å². The molecule has 0 spiro atoms. The van der Waals surface area contributed by atoms with Gasteiger partial charge in [-0.3, -0.25) is 4.79 Å². The molecule has 96 valence electrons. The molecule has 5 nitrogen and oxygen atoms in total. The van der Waals surface area contributed by atoms with Crippen LogP contribution in [-0.4, -0.2) is 41.6 Å². The molecule has 0 aromatic carbocycles. The molecule has 0 amide bonds. The van der Waals surface area contributed by atoms with Crippen molar-refractivity contribution in [3.8, 4) is 10.6 Å². The van der Waals surface area contributed by atoms with Crippen LogP contribution < -0.4 is 5.73 Å². The average molecular weight is 264 g/mol. The van der Waals surface area contributed by atoms with Gasteiger partial charge in [-0.25, -0.2) is 4.68 Å². The number of aldehydes is 1. The zero-order valence-corrected chi connectivity index (χ0v) is 11.3. The molecule has 6 heteroatoms. The highest BCUT2D eigenvalue weighted by atomic mass is 32.1. The Labute approximate surface area is 110 Å². The van der Waals surface area contributed by atoms with Crippen molar-refractivity contribution in [3.63, 3.8) is 0 Å². The molecule has 0 aliphatic rings. The molecule has 0 atom stereocenters. The molecule has 0 fully saturated rings. The summed E-state index contributed by atoms with van der Waals surface area (Å²) in [5, 5.41) is 6.40. The van der Waals surface area contributed by atoms with Crippen LogP contribution in [0.15, 0.2) is 17.5 Å². The Kier molecular flexibility index (Phi) is 3.78. The van der Waals surface area contributed by atoms with Crippen molar-refractivity contribution in [1.29, 1.82) is 0 Å². The number of nitrogens with two attached hydrogens (primary N) is 1. The molecule has 0 radical (unpaired) electrons. The molecule has 0 bridgehead atoms. The molecular formula is C12H16N4OS. The van der Waals surface area contributed by atoms with Gasteiger partial charge in [0.25, 0.3) is 0 Å². The predicted molar refractivity (Wildman–Crippen MR) is 73.9 cm³/mol. The summed E-state index contributed by atoms with van der Waals surface area (Å²) in [4.78, 5) is 14.2. The number of rotatable bonds is 5. The van der Waals surface area contributed by atoms with E-state index in [0.29, 0.717) is 23.6 Å². The van der Waals surface area contributed by atoms with Crippen molar-refractivity contribution in [2.45, 2.75) is 6.54 Å². The maximum Gasteiger partial charge on any atom is 0.156 e. The molecule has 0 saturated carbocycles. The first-order chi connectivity index (χ1) is 8.63. The van der Waals surface area contributed by atoms with Gasteiger partial charge in [-0.15, -0.1) is 11.3 Å². The van der Waals surface area contributed by atoms with E-state index in [1.54, 1.807) is 16.0 Å². The highest BCUT2D eigenvalue weighted by molar-refractivity contribution is 7.13. The van der Waals surface area contributed by atoms with E-state index in [4.69, 9.17) is 5.73 Å². The molecular weight excluding hydrogens is 248 g/mol. The Morgan fingerprint density at radius 1 is 1.56 bits per heavy atom. The van der Waals surface area contributed by atoms with E-state index in [9.17, 15) is 4.79 Å². The summed E-state index contributed by atoms with van der Waals surface area (Å²) in [5.41, 5.74) is 7.12. The number of hydrogen-bond acceptors (Lipinski definition) is 5. The third kappa shape index (κ3) is 2.44. The molecule has 0 saturated heterocycles. The minimum atomic E-state index is 0.440. The largest absolute Gasteiger partial charge is 0.383 e. The van der Waals surface area contributed by atoms with Crippen LogP contribution >= 0.6 is 11.3 Å². The summed E-state index contributed by atoms with van der Waals surface area (Å²) < 4.78 is 1.69. The lowest BCUT2D eigenvalue weighted by Crippen LogP contribution is -2.20. The molecule has 0 unspecified atom stereocenters. The first kappa shape index (κ1) is 12.8. The van der Waals surface area contributed by atoms with Crippen molar-refractivity contribution < 1.29 is 4.79 Å². The molecule has 2 aromatic heterocycles. The fraction of sp³-hybridized carbons (Fsp3) is 0.333. The van der Waals surface area contributed by atoms with Crippen LogP contribution in [-0.2, 0) is 6.54 Å². The fourth-order valence-electron chi connectivity index (χ4n) is 1.67. The van der Waals surface area contributed by atoms with Gasteiger partial charge in [0.2, 0.25) is 0 Å². The number of nitrogen functional groups attached to an aromatic ring is 1. The number of anilines is 1. The van der Waals surface area contributed by atoms with Gasteiger partial charge in [0.05, 0.1) is 17.0 Å². The van der Waals surface area contributed by atoms with Crippen molar-refractivity contribution in [2.24, 2.45) is 0 Å². The number of carbonyl (C=O) groups excluding carboxylic acids is 1. The van der Waals surface area contributed by atoms with E-state index >= 15 is 0 Å². The average Bonchev–Trinajstić information content (AvgIpc) is 2.94. The summed E-state index contributed by atoms with van der Waals surface area (Å²) in [7, 11) is 3.97. The number of hydrogen-bond donors (Lipinski definition) is 1. The van der Waals surface area contributed by atoms with E-state index in [-0.39, 0.29) is 0 Å². The van der Waals surface area contributed by atoms with Crippen LogP contribution in [0.25, 0.3) is 10.6 Å². The molecule has 0 aliphatic heterocycles. The highest BCUT2D eigenvalue weighted by Gasteiger charge is 2.17. The molecule has 18 heavy (non-hydrogen) atoms. The van der Waals surface area contributed by atoms with Crippen LogP contribution in [0.1, 0.15) is 10.4 Å². The van der Waals surface area contributed by atoms with Crippen LogP contribution in [0, 0.1) is 0 Å². The zero-order chi connectivity index (χ0) is 13.1. The monoisotopic (exact) mass is 264 g/mol. The zero-order valence-electron chi connectivity index (χ0n) is 10.5. The van der Waals surface area contributed by atoms with Crippen LogP contribution in [0.3, 0.4) is 0 Å². The second kappa shape index (κ2) is 5.32. The van der Waals surface area contributed by atoms with E-state index in [1.165, 1.54) is 0 Å². The minimum absolute atomic E-state index is 0.440. The molecule has 0 aliphatic carbocycles.